The van der Waals surface area contributed by atoms with Crippen LogP contribution in [0.2, 0.25) is 0 Å². The molecule has 0 unspecified atom stereocenters. The van der Waals surface area contributed by atoms with E-state index in [2.05, 4.69) is 0 Å². The minimum absolute atomic E-state index is 0.0671. The van der Waals surface area contributed by atoms with E-state index < -0.39 is 0 Å². The fourth-order valence-electron chi connectivity index (χ4n) is 2.79. The molecule has 0 bridgehead atoms. The van der Waals surface area contributed by atoms with Crippen LogP contribution in [0, 0.1) is 5.82 Å². The Labute approximate surface area is 152 Å². The summed E-state index contributed by atoms with van der Waals surface area (Å²) in [4.78, 5) is 25.9. The van der Waals surface area contributed by atoms with Crippen molar-refractivity contribution in [3.63, 3.8) is 0 Å². The third-order valence-electron chi connectivity index (χ3n) is 4.47. The van der Waals surface area contributed by atoms with E-state index in [4.69, 9.17) is 4.74 Å². The molecule has 1 fully saturated rings. The Morgan fingerprint density at radius 2 is 1.81 bits per heavy atom. The summed E-state index contributed by atoms with van der Waals surface area (Å²) in [7, 11) is 0. The second kappa shape index (κ2) is 8.13. The zero-order valence-corrected chi connectivity index (χ0v) is 14.8. The molecule has 1 aliphatic carbocycles. The molecule has 26 heavy (non-hydrogen) atoms. The lowest BCUT2D eigenvalue weighted by molar-refractivity contribution is -0.134. The minimum atomic E-state index is -0.303. The molecule has 0 saturated heterocycles. The number of benzene rings is 2. The fraction of sp³-hybridized carbons (Fsp3) is 0.333. The number of ether oxygens (including phenoxy) is 1. The third-order valence-corrected chi connectivity index (χ3v) is 4.47. The first-order chi connectivity index (χ1) is 12.6. The molecule has 0 atom stereocenters. The Morgan fingerprint density at radius 3 is 2.42 bits per heavy atom. The molecule has 1 amide bonds. The predicted molar refractivity (Wildman–Crippen MR) is 96.5 cm³/mol. The van der Waals surface area contributed by atoms with E-state index in [1.165, 1.54) is 6.07 Å². The van der Waals surface area contributed by atoms with Gasteiger partial charge in [-0.2, -0.15) is 0 Å². The molecule has 1 aliphatic rings. The van der Waals surface area contributed by atoms with Crippen LogP contribution in [-0.4, -0.2) is 29.2 Å². The molecule has 5 heteroatoms. The largest absolute Gasteiger partial charge is 0.484 e. The van der Waals surface area contributed by atoms with Gasteiger partial charge in [-0.25, -0.2) is 4.39 Å². The van der Waals surface area contributed by atoms with Gasteiger partial charge in [-0.1, -0.05) is 25.1 Å². The van der Waals surface area contributed by atoms with Gasteiger partial charge in [0, 0.05) is 30.1 Å². The molecule has 0 aromatic heterocycles. The van der Waals surface area contributed by atoms with Crippen molar-refractivity contribution >= 4 is 11.7 Å². The van der Waals surface area contributed by atoms with Crippen LogP contribution >= 0.6 is 0 Å². The van der Waals surface area contributed by atoms with Gasteiger partial charge in [0.2, 0.25) is 0 Å². The Morgan fingerprint density at radius 1 is 1.12 bits per heavy atom. The number of carbonyl (C=O) groups excluding carboxylic acids is 2. The topological polar surface area (TPSA) is 46.6 Å². The molecule has 0 aliphatic heterocycles. The molecule has 2 aromatic carbocycles. The highest BCUT2D eigenvalue weighted by Crippen LogP contribution is 2.29. The van der Waals surface area contributed by atoms with Gasteiger partial charge in [-0.05, 0) is 43.2 Å². The molecule has 0 spiro atoms. The molecule has 3 rings (SSSR count). The standard InChI is InChI=1S/C21H22FNO3/c1-2-20(24)15-7-11-18(12-8-15)26-14-21(25)23(17-9-10-17)13-16-5-3-4-6-19(16)22/h3-8,11-12,17H,2,9-10,13-14H2,1H3. The van der Waals surface area contributed by atoms with Crippen LogP contribution in [0.25, 0.3) is 0 Å². The number of amides is 1. The van der Waals surface area contributed by atoms with Crippen molar-refractivity contribution < 1.29 is 18.7 Å². The van der Waals surface area contributed by atoms with Crippen molar-refractivity contribution in [3.05, 3.63) is 65.5 Å². The number of rotatable bonds is 8. The van der Waals surface area contributed by atoms with E-state index >= 15 is 0 Å². The monoisotopic (exact) mass is 355 g/mol. The smallest absolute Gasteiger partial charge is 0.261 e. The number of carbonyl (C=O) groups is 2. The fourth-order valence-corrected chi connectivity index (χ4v) is 2.79. The summed E-state index contributed by atoms with van der Waals surface area (Å²) in [5.74, 6) is 0.137. The number of ketones is 1. The zero-order chi connectivity index (χ0) is 18.5. The lowest BCUT2D eigenvalue weighted by atomic mass is 10.1. The second-order valence-electron chi connectivity index (χ2n) is 6.43. The van der Waals surface area contributed by atoms with Crippen molar-refractivity contribution in [1.29, 1.82) is 0 Å². The summed E-state index contributed by atoms with van der Waals surface area (Å²) < 4.78 is 19.5. The van der Waals surface area contributed by atoms with Gasteiger partial charge in [0.15, 0.2) is 12.4 Å². The van der Waals surface area contributed by atoms with Crippen LogP contribution in [0.1, 0.15) is 42.1 Å². The maximum Gasteiger partial charge on any atom is 0.261 e. The highest BCUT2D eigenvalue weighted by Gasteiger charge is 2.33. The lowest BCUT2D eigenvalue weighted by Crippen LogP contribution is -2.36. The van der Waals surface area contributed by atoms with Gasteiger partial charge in [-0.15, -0.1) is 0 Å². The van der Waals surface area contributed by atoms with E-state index in [0.717, 1.165) is 12.8 Å². The first-order valence-electron chi connectivity index (χ1n) is 8.87. The molecule has 0 heterocycles. The second-order valence-corrected chi connectivity index (χ2v) is 6.43. The van der Waals surface area contributed by atoms with E-state index in [0.29, 0.717) is 23.3 Å². The van der Waals surface area contributed by atoms with Gasteiger partial charge in [-0.3, -0.25) is 9.59 Å². The maximum atomic E-state index is 13.9. The lowest BCUT2D eigenvalue weighted by Gasteiger charge is -2.23. The van der Waals surface area contributed by atoms with Crippen molar-refractivity contribution in [3.8, 4) is 5.75 Å². The van der Waals surface area contributed by atoms with Gasteiger partial charge < -0.3 is 9.64 Å². The summed E-state index contributed by atoms with van der Waals surface area (Å²) in [6, 6.07) is 13.4. The highest BCUT2D eigenvalue weighted by atomic mass is 19.1. The van der Waals surface area contributed by atoms with Crippen molar-refractivity contribution in [2.24, 2.45) is 0 Å². The number of Topliss-reactive ketones (excluding diaryl/α,β-unsaturated/α-hetero) is 1. The molecule has 2 aromatic rings. The van der Waals surface area contributed by atoms with Crippen molar-refractivity contribution in [1.82, 2.24) is 4.90 Å². The van der Waals surface area contributed by atoms with E-state index in [1.807, 2.05) is 6.92 Å². The summed E-state index contributed by atoms with van der Waals surface area (Å²) >= 11 is 0. The molecule has 136 valence electrons. The molecule has 0 N–H and O–H groups in total. The van der Waals surface area contributed by atoms with Crippen LogP contribution in [0.5, 0.6) is 5.75 Å². The number of hydrogen-bond donors (Lipinski definition) is 0. The highest BCUT2D eigenvalue weighted by molar-refractivity contribution is 5.95. The van der Waals surface area contributed by atoms with Gasteiger partial charge in [0.05, 0.1) is 0 Å². The van der Waals surface area contributed by atoms with Crippen molar-refractivity contribution in [2.45, 2.75) is 38.8 Å². The minimum Gasteiger partial charge on any atom is -0.484 e. The number of halogens is 1. The molecular formula is C21H22FNO3. The van der Waals surface area contributed by atoms with E-state index in [9.17, 15) is 14.0 Å². The molecule has 0 radical (unpaired) electrons. The quantitative estimate of drug-likeness (QED) is 0.673. The number of hydrogen-bond acceptors (Lipinski definition) is 3. The summed E-state index contributed by atoms with van der Waals surface area (Å²) in [6.07, 6.45) is 2.33. The summed E-state index contributed by atoms with van der Waals surface area (Å²) in [5, 5.41) is 0. The van der Waals surface area contributed by atoms with Gasteiger partial charge in [0.25, 0.3) is 5.91 Å². The summed E-state index contributed by atoms with van der Waals surface area (Å²) in [5.41, 5.74) is 1.14. The first kappa shape index (κ1) is 18.1. The van der Waals surface area contributed by atoms with Crippen LogP contribution in [0.3, 0.4) is 0 Å². The Balaban J connectivity index is 1.60. The molecular weight excluding hydrogens is 333 g/mol. The van der Waals surface area contributed by atoms with Crippen LogP contribution in [0.15, 0.2) is 48.5 Å². The van der Waals surface area contributed by atoms with Gasteiger partial charge >= 0.3 is 0 Å². The van der Waals surface area contributed by atoms with E-state index in [-0.39, 0.29) is 36.7 Å². The predicted octanol–water partition coefficient (Wildman–Crippen LogP) is 3.99. The Bertz CT molecular complexity index is 784. The van der Waals surface area contributed by atoms with Crippen LogP contribution in [0.4, 0.5) is 4.39 Å². The summed E-state index contributed by atoms with van der Waals surface area (Å²) in [6.45, 7) is 1.96. The Hall–Kier alpha value is -2.69. The SMILES string of the molecule is CCC(=O)c1ccc(OCC(=O)N(Cc2ccccc2F)C2CC2)cc1. The zero-order valence-electron chi connectivity index (χ0n) is 14.8. The van der Waals surface area contributed by atoms with Crippen LogP contribution in [-0.2, 0) is 11.3 Å². The van der Waals surface area contributed by atoms with Crippen LogP contribution < -0.4 is 4.74 Å². The first-order valence-corrected chi connectivity index (χ1v) is 8.87. The van der Waals surface area contributed by atoms with E-state index in [1.54, 1.807) is 47.4 Å². The van der Waals surface area contributed by atoms with Crippen molar-refractivity contribution in [2.75, 3.05) is 6.61 Å². The van der Waals surface area contributed by atoms with Gasteiger partial charge in [0.1, 0.15) is 11.6 Å². The Kier molecular flexibility index (Phi) is 5.66. The molecule has 4 nitrogen and oxygen atoms in total. The number of nitrogens with zero attached hydrogens (tertiary/aromatic N) is 1. The average molecular weight is 355 g/mol. The molecule has 1 saturated carbocycles. The maximum absolute atomic E-state index is 13.9. The average Bonchev–Trinajstić information content (AvgIpc) is 3.50. The third kappa shape index (κ3) is 4.48. The normalized spacial score (nSPS) is 13.3.